The summed E-state index contributed by atoms with van der Waals surface area (Å²) in [5.41, 5.74) is -1.06. The molecule has 0 atom stereocenters. The van der Waals surface area contributed by atoms with E-state index in [9.17, 15) is 19.5 Å². The van der Waals surface area contributed by atoms with Crippen molar-refractivity contribution in [2.75, 3.05) is 6.61 Å². The van der Waals surface area contributed by atoms with Crippen LogP contribution in [-0.2, 0) is 24.3 Å². The number of ether oxygens (including phenoxy) is 2. The second kappa shape index (κ2) is 13.7. The van der Waals surface area contributed by atoms with Crippen LogP contribution < -0.4 is 20.7 Å². The van der Waals surface area contributed by atoms with Crippen LogP contribution in [0.2, 0.25) is 0 Å². The van der Waals surface area contributed by atoms with Crippen LogP contribution in [0.5, 0.6) is 11.6 Å². The Bertz CT molecular complexity index is 1070. The smallest absolute Gasteiger partial charge is 0.347 e. The maximum absolute atomic E-state index is 12.7. The molecule has 0 spiro atoms. The van der Waals surface area contributed by atoms with Gasteiger partial charge in [-0.1, -0.05) is 38.8 Å². The van der Waals surface area contributed by atoms with Gasteiger partial charge in [-0.05, 0) is 70.1 Å². The molecule has 35 heavy (non-hydrogen) atoms. The predicted molar refractivity (Wildman–Crippen MR) is 134 cm³/mol. The van der Waals surface area contributed by atoms with Crippen molar-refractivity contribution in [2.45, 2.75) is 97.8 Å². The Labute approximate surface area is 206 Å². The zero-order chi connectivity index (χ0) is 25.8. The fraction of sp³-hybridized carbons (Fsp3) is 0.615. The minimum atomic E-state index is -1.29. The SMILES string of the molecule is CCCCn1nc(OCCCCCc2cccc(OC(C)(C)C(=O)O)c2)c(=O)n(CCCC)c1=O. The number of aromatic nitrogens is 3. The Balaban J connectivity index is 1.90. The molecule has 0 aliphatic heterocycles. The molecule has 0 aliphatic rings. The van der Waals surface area contributed by atoms with Crippen LogP contribution in [0.3, 0.4) is 0 Å². The Hall–Kier alpha value is -3.10. The Morgan fingerprint density at radius 3 is 2.43 bits per heavy atom. The summed E-state index contributed by atoms with van der Waals surface area (Å²) in [4.78, 5) is 36.6. The van der Waals surface area contributed by atoms with Crippen molar-refractivity contribution in [1.29, 1.82) is 0 Å². The molecule has 0 saturated carbocycles. The van der Waals surface area contributed by atoms with E-state index >= 15 is 0 Å². The summed E-state index contributed by atoms with van der Waals surface area (Å²) in [6, 6.07) is 7.46. The van der Waals surface area contributed by atoms with Gasteiger partial charge < -0.3 is 14.6 Å². The Morgan fingerprint density at radius 2 is 1.74 bits per heavy atom. The number of carbonyl (C=O) groups is 1. The number of aryl methyl sites for hydroxylation is 2. The number of hydrogen-bond acceptors (Lipinski definition) is 6. The van der Waals surface area contributed by atoms with E-state index in [-0.39, 0.29) is 11.6 Å². The molecule has 0 unspecified atom stereocenters. The molecule has 9 nitrogen and oxygen atoms in total. The van der Waals surface area contributed by atoms with Crippen molar-refractivity contribution in [1.82, 2.24) is 14.3 Å². The Morgan fingerprint density at radius 1 is 1.03 bits per heavy atom. The van der Waals surface area contributed by atoms with E-state index in [0.717, 1.165) is 56.9 Å². The average molecular weight is 490 g/mol. The van der Waals surface area contributed by atoms with Crippen LogP contribution in [0.4, 0.5) is 0 Å². The van der Waals surface area contributed by atoms with Crippen molar-refractivity contribution in [3.05, 3.63) is 50.7 Å². The largest absolute Gasteiger partial charge is 0.478 e. The highest BCUT2D eigenvalue weighted by Gasteiger charge is 2.29. The first-order valence-electron chi connectivity index (χ1n) is 12.6. The molecule has 0 aliphatic carbocycles. The number of unbranched alkanes of at least 4 members (excludes halogenated alkanes) is 4. The van der Waals surface area contributed by atoms with E-state index in [1.807, 2.05) is 32.0 Å². The summed E-state index contributed by atoms with van der Waals surface area (Å²) in [5, 5.41) is 13.4. The topological polar surface area (TPSA) is 113 Å². The molecule has 0 bridgehead atoms. The van der Waals surface area contributed by atoms with E-state index in [0.29, 0.717) is 25.4 Å². The molecule has 194 valence electrons. The fourth-order valence-corrected chi connectivity index (χ4v) is 3.47. The summed E-state index contributed by atoms with van der Waals surface area (Å²) < 4.78 is 13.9. The molecular formula is C26H39N3O6. The zero-order valence-corrected chi connectivity index (χ0v) is 21.4. The minimum Gasteiger partial charge on any atom is -0.478 e. The highest BCUT2D eigenvalue weighted by molar-refractivity contribution is 5.76. The van der Waals surface area contributed by atoms with Gasteiger partial charge in [0, 0.05) is 13.1 Å². The molecule has 1 N–H and O–H groups in total. The molecule has 1 heterocycles. The first-order chi connectivity index (χ1) is 16.7. The zero-order valence-electron chi connectivity index (χ0n) is 21.4. The normalized spacial score (nSPS) is 11.4. The number of rotatable bonds is 16. The highest BCUT2D eigenvalue weighted by atomic mass is 16.5. The van der Waals surface area contributed by atoms with Gasteiger partial charge in [-0.3, -0.25) is 9.36 Å². The lowest BCUT2D eigenvalue weighted by atomic mass is 10.1. The van der Waals surface area contributed by atoms with Crippen molar-refractivity contribution in [2.24, 2.45) is 0 Å². The summed E-state index contributed by atoms with van der Waals surface area (Å²) in [6.07, 6.45) is 6.69. The van der Waals surface area contributed by atoms with Gasteiger partial charge in [0.2, 0.25) is 0 Å². The number of carboxylic acids is 1. The molecule has 0 saturated heterocycles. The molecule has 0 amide bonds. The summed E-state index contributed by atoms with van der Waals surface area (Å²) in [7, 11) is 0. The van der Waals surface area contributed by atoms with E-state index in [4.69, 9.17) is 9.47 Å². The van der Waals surface area contributed by atoms with Crippen LogP contribution in [0.15, 0.2) is 33.9 Å². The van der Waals surface area contributed by atoms with E-state index in [1.54, 1.807) is 6.07 Å². The van der Waals surface area contributed by atoms with E-state index in [2.05, 4.69) is 5.10 Å². The van der Waals surface area contributed by atoms with Gasteiger partial charge in [0.15, 0.2) is 5.60 Å². The van der Waals surface area contributed by atoms with Crippen LogP contribution in [0.1, 0.15) is 78.2 Å². The first kappa shape index (κ1) is 28.1. The lowest BCUT2D eigenvalue weighted by Gasteiger charge is -2.21. The van der Waals surface area contributed by atoms with Crippen molar-refractivity contribution >= 4 is 5.97 Å². The second-order valence-electron chi connectivity index (χ2n) is 9.20. The first-order valence-corrected chi connectivity index (χ1v) is 12.6. The molecular weight excluding hydrogens is 450 g/mol. The van der Waals surface area contributed by atoms with Gasteiger partial charge in [0.1, 0.15) is 5.75 Å². The van der Waals surface area contributed by atoms with Crippen LogP contribution >= 0.6 is 0 Å². The third-order valence-electron chi connectivity index (χ3n) is 5.69. The quantitative estimate of drug-likeness (QED) is 0.354. The highest BCUT2D eigenvalue weighted by Crippen LogP contribution is 2.21. The van der Waals surface area contributed by atoms with E-state index in [1.165, 1.54) is 23.1 Å². The van der Waals surface area contributed by atoms with Gasteiger partial charge >= 0.3 is 17.2 Å². The minimum absolute atomic E-state index is 0.0114. The molecule has 2 aromatic rings. The van der Waals surface area contributed by atoms with Gasteiger partial charge in [0.25, 0.3) is 5.88 Å². The molecule has 9 heteroatoms. The van der Waals surface area contributed by atoms with Gasteiger partial charge in [0.05, 0.1) is 6.61 Å². The maximum Gasteiger partial charge on any atom is 0.347 e. The molecule has 1 aromatic carbocycles. The van der Waals surface area contributed by atoms with Crippen molar-refractivity contribution in [3.63, 3.8) is 0 Å². The number of hydrogen-bond donors (Lipinski definition) is 1. The van der Waals surface area contributed by atoms with Gasteiger partial charge in [-0.15, -0.1) is 5.10 Å². The average Bonchev–Trinajstić information content (AvgIpc) is 2.81. The molecule has 0 radical (unpaired) electrons. The van der Waals surface area contributed by atoms with Gasteiger partial charge in [-0.2, -0.15) is 0 Å². The summed E-state index contributed by atoms with van der Waals surface area (Å²) in [5.74, 6) is -0.500. The number of benzene rings is 1. The Kier molecular flexibility index (Phi) is 11.0. The third kappa shape index (κ3) is 8.56. The van der Waals surface area contributed by atoms with Crippen LogP contribution in [0.25, 0.3) is 0 Å². The fourth-order valence-electron chi connectivity index (χ4n) is 3.47. The maximum atomic E-state index is 12.7. The third-order valence-corrected chi connectivity index (χ3v) is 5.69. The summed E-state index contributed by atoms with van der Waals surface area (Å²) >= 11 is 0. The van der Waals surface area contributed by atoms with Crippen LogP contribution in [-0.4, -0.2) is 37.6 Å². The second-order valence-corrected chi connectivity index (χ2v) is 9.20. The van der Waals surface area contributed by atoms with Crippen molar-refractivity contribution in [3.8, 4) is 11.6 Å². The van der Waals surface area contributed by atoms with Gasteiger partial charge in [-0.25, -0.2) is 14.3 Å². The lowest BCUT2D eigenvalue weighted by molar-refractivity contribution is -0.152. The predicted octanol–water partition coefficient (Wildman–Crippen LogP) is 4.04. The van der Waals surface area contributed by atoms with Crippen molar-refractivity contribution < 1.29 is 19.4 Å². The molecule has 1 aromatic heterocycles. The molecule has 0 fully saturated rings. The standard InChI is InChI=1S/C26H39N3O6/c1-5-7-16-28-23(30)22(27-29(25(28)33)17-8-6-2)34-18-11-9-10-13-20-14-12-15-21(19-20)35-26(3,4)24(31)32/h12,14-15,19H,5-11,13,16-18H2,1-4H3,(H,31,32). The van der Waals surface area contributed by atoms with Crippen LogP contribution in [0, 0.1) is 0 Å². The number of aliphatic carboxylic acids is 1. The monoisotopic (exact) mass is 489 g/mol. The number of carboxylic acid groups (broad SMARTS) is 1. The van der Waals surface area contributed by atoms with E-state index < -0.39 is 17.1 Å². The molecule has 2 rings (SSSR count). The lowest BCUT2D eigenvalue weighted by Crippen LogP contribution is -2.42. The summed E-state index contributed by atoms with van der Waals surface area (Å²) in [6.45, 7) is 8.26. The number of nitrogens with zero attached hydrogens (tertiary/aromatic N) is 3.